The van der Waals surface area contributed by atoms with E-state index in [2.05, 4.69) is 44.2 Å². The van der Waals surface area contributed by atoms with Crippen molar-refractivity contribution in [1.29, 1.82) is 0 Å². The van der Waals surface area contributed by atoms with Crippen LogP contribution in [-0.4, -0.2) is 27.0 Å². The van der Waals surface area contributed by atoms with Gasteiger partial charge in [0.2, 0.25) is 0 Å². The first-order valence-corrected chi connectivity index (χ1v) is 8.63. The molecule has 6 nitrogen and oxygen atoms in total. The third-order valence-corrected chi connectivity index (χ3v) is 4.57. The number of hydrogen-bond acceptors (Lipinski definition) is 3. The lowest BCUT2D eigenvalue weighted by Gasteiger charge is -2.07. The number of aromatic nitrogens is 3. The zero-order chi connectivity index (χ0) is 17.2. The first kappa shape index (κ1) is 15.6. The first-order chi connectivity index (χ1) is 12.2. The maximum atomic E-state index is 12.2. The van der Waals surface area contributed by atoms with Crippen LogP contribution in [0.25, 0.3) is 10.9 Å². The number of para-hydroxylation sites is 1. The lowest BCUT2D eigenvalue weighted by atomic mass is 10.2. The monoisotopic (exact) mass is 336 g/mol. The number of benzene rings is 1. The Balaban J connectivity index is 1.32. The Morgan fingerprint density at radius 3 is 2.92 bits per heavy atom. The number of nitrogens with one attached hydrogen (secondary N) is 2. The van der Waals surface area contributed by atoms with Gasteiger partial charge in [-0.3, -0.25) is 9.59 Å². The van der Waals surface area contributed by atoms with E-state index in [1.807, 2.05) is 12.1 Å². The van der Waals surface area contributed by atoms with E-state index in [1.165, 1.54) is 17.1 Å². The fraction of sp³-hybridized carbons (Fsp3) is 0.316. The molecule has 128 valence electrons. The Morgan fingerprint density at radius 1 is 1.28 bits per heavy atom. The Bertz CT molecular complexity index is 969. The fourth-order valence-electron chi connectivity index (χ4n) is 3.02. The van der Waals surface area contributed by atoms with Gasteiger partial charge in [0, 0.05) is 36.9 Å². The average Bonchev–Trinajstić information content (AvgIpc) is 3.40. The summed E-state index contributed by atoms with van der Waals surface area (Å²) in [6, 6.07) is 10.3. The molecule has 0 spiro atoms. The summed E-state index contributed by atoms with van der Waals surface area (Å²) >= 11 is 0. The van der Waals surface area contributed by atoms with Gasteiger partial charge >= 0.3 is 0 Å². The summed E-state index contributed by atoms with van der Waals surface area (Å²) in [5.41, 5.74) is 0.909. The van der Waals surface area contributed by atoms with Crippen LogP contribution in [-0.2, 0) is 6.54 Å². The molecule has 1 aromatic carbocycles. The van der Waals surface area contributed by atoms with Crippen LogP contribution in [0.3, 0.4) is 0 Å². The third-order valence-electron chi connectivity index (χ3n) is 4.57. The number of carbonyl (C=O) groups is 1. The van der Waals surface area contributed by atoms with Crippen LogP contribution < -0.4 is 10.9 Å². The van der Waals surface area contributed by atoms with Gasteiger partial charge < -0.3 is 14.9 Å². The van der Waals surface area contributed by atoms with Gasteiger partial charge in [-0.2, -0.15) is 0 Å². The normalized spacial score (nSPS) is 13.9. The number of H-pyrrole nitrogens is 1. The van der Waals surface area contributed by atoms with Gasteiger partial charge in [-0.15, -0.1) is 0 Å². The van der Waals surface area contributed by atoms with Crippen molar-refractivity contribution in [1.82, 2.24) is 19.9 Å². The second-order valence-corrected chi connectivity index (χ2v) is 6.46. The molecule has 1 fully saturated rings. The molecule has 0 aliphatic heterocycles. The Hall–Kier alpha value is -2.89. The van der Waals surface area contributed by atoms with Crippen LogP contribution in [0.4, 0.5) is 0 Å². The predicted molar refractivity (Wildman–Crippen MR) is 95.7 cm³/mol. The van der Waals surface area contributed by atoms with Crippen LogP contribution >= 0.6 is 0 Å². The van der Waals surface area contributed by atoms with Gasteiger partial charge in [-0.25, -0.2) is 4.98 Å². The van der Waals surface area contributed by atoms with E-state index in [4.69, 9.17) is 0 Å². The molecule has 0 saturated heterocycles. The van der Waals surface area contributed by atoms with Crippen molar-refractivity contribution in [3.8, 4) is 0 Å². The summed E-state index contributed by atoms with van der Waals surface area (Å²) in [6.45, 7) is 1.32. The van der Waals surface area contributed by atoms with Crippen molar-refractivity contribution in [2.75, 3.05) is 6.54 Å². The van der Waals surface area contributed by atoms with Crippen molar-refractivity contribution in [3.63, 3.8) is 0 Å². The van der Waals surface area contributed by atoms with Crippen LogP contribution in [0.2, 0.25) is 0 Å². The van der Waals surface area contributed by atoms with Gasteiger partial charge in [0.25, 0.3) is 11.5 Å². The smallest absolute Gasteiger partial charge is 0.263 e. The molecule has 0 radical (unpaired) electrons. The molecule has 3 aromatic rings. The number of aryl methyl sites for hydroxylation is 1. The van der Waals surface area contributed by atoms with E-state index in [0.29, 0.717) is 18.3 Å². The Morgan fingerprint density at radius 2 is 2.12 bits per heavy atom. The minimum Gasteiger partial charge on any atom is -0.352 e. The lowest BCUT2D eigenvalue weighted by molar-refractivity contribution is 0.0950. The summed E-state index contributed by atoms with van der Waals surface area (Å²) in [4.78, 5) is 31.1. The second kappa shape index (κ2) is 6.55. The highest BCUT2D eigenvalue weighted by atomic mass is 16.2. The van der Waals surface area contributed by atoms with Gasteiger partial charge in [-0.05, 0) is 36.8 Å². The van der Waals surface area contributed by atoms with Crippen LogP contribution in [0.1, 0.15) is 41.4 Å². The number of amides is 1. The number of rotatable bonds is 6. The van der Waals surface area contributed by atoms with Crippen LogP contribution in [0.15, 0.2) is 47.5 Å². The van der Waals surface area contributed by atoms with Gasteiger partial charge in [0.05, 0.1) is 0 Å². The van der Waals surface area contributed by atoms with E-state index in [9.17, 15) is 9.59 Å². The SMILES string of the molecule is O=C(NCCCn1ccc2ccccc21)c1cnc(C2CC2)[nH]c1=O. The molecular formula is C19H20N4O2. The minimum atomic E-state index is -0.367. The quantitative estimate of drug-likeness (QED) is 0.679. The molecule has 2 heterocycles. The van der Waals surface area contributed by atoms with Crippen molar-refractivity contribution in [2.24, 2.45) is 0 Å². The molecule has 4 rings (SSSR count). The number of carbonyl (C=O) groups excluding carboxylic acids is 1. The second-order valence-electron chi connectivity index (χ2n) is 6.46. The first-order valence-electron chi connectivity index (χ1n) is 8.63. The highest BCUT2D eigenvalue weighted by Crippen LogP contribution is 2.37. The van der Waals surface area contributed by atoms with Gasteiger partial charge in [-0.1, -0.05) is 18.2 Å². The van der Waals surface area contributed by atoms with Crippen molar-refractivity contribution in [3.05, 3.63) is 64.5 Å². The van der Waals surface area contributed by atoms with E-state index >= 15 is 0 Å². The van der Waals surface area contributed by atoms with E-state index in [1.54, 1.807) is 0 Å². The Kier molecular flexibility index (Phi) is 4.09. The van der Waals surface area contributed by atoms with Crippen LogP contribution in [0, 0.1) is 0 Å². The summed E-state index contributed by atoms with van der Waals surface area (Å²) in [7, 11) is 0. The molecular weight excluding hydrogens is 316 g/mol. The number of fused-ring (bicyclic) bond motifs is 1. The van der Waals surface area contributed by atoms with Crippen LogP contribution in [0.5, 0.6) is 0 Å². The summed E-state index contributed by atoms with van der Waals surface area (Å²) in [5, 5.41) is 4.01. The summed E-state index contributed by atoms with van der Waals surface area (Å²) in [5.74, 6) is 0.690. The maximum absolute atomic E-state index is 12.2. The topological polar surface area (TPSA) is 79.8 Å². The standard InChI is InChI=1S/C19H20N4O2/c24-18(15-12-21-17(14-6-7-14)22-19(15)25)20-9-3-10-23-11-8-13-4-1-2-5-16(13)23/h1-2,4-5,8,11-12,14H,3,6-7,9-10H2,(H,20,24)(H,21,22,25). The third kappa shape index (κ3) is 3.33. The average molecular weight is 336 g/mol. The highest BCUT2D eigenvalue weighted by Gasteiger charge is 2.26. The van der Waals surface area contributed by atoms with Crippen molar-refractivity contribution < 1.29 is 4.79 Å². The van der Waals surface area contributed by atoms with E-state index < -0.39 is 0 Å². The molecule has 0 unspecified atom stereocenters. The molecule has 6 heteroatoms. The van der Waals surface area contributed by atoms with Gasteiger partial charge in [0.1, 0.15) is 11.4 Å². The Labute approximate surface area is 144 Å². The zero-order valence-corrected chi connectivity index (χ0v) is 13.9. The zero-order valence-electron chi connectivity index (χ0n) is 13.9. The highest BCUT2D eigenvalue weighted by molar-refractivity contribution is 5.93. The lowest BCUT2D eigenvalue weighted by Crippen LogP contribution is -2.31. The van der Waals surface area contributed by atoms with E-state index in [0.717, 1.165) is 25.8 Å². The van der Waals surface area contributed by atoms with Crippen molar-refractivity contribution >= 4 is 16.8 Å². The molecule has 0 bridgehead atoms. The molecule has 2 aromatic heterocycles. The maximum Gasteiger partial charge on any atom is 0.263 e. The molecule has 0 atom stereocenters. The molecule has 1 amide bonds. The molecule has 1 aliphatic carbocycles. The number of aromatic amines is 1. The number of nitrogens with zero attached hydrogens (tertiary/aromatic N) is 2. The molecule has 2 N–H and O–H groups in total. The molecule has 1 saturated carbocycles. The minimum absolute atomic E-state index is 0.0795. The van der Waals surface area contributed by atoms with E-state index in [-0.39, 0.29) is 17.0 Å². The predicted octanol–water partition coefficient (Wildman–Crippen LogP) is 2.42. The van der Waals surface area contributed by atoms with Gasteiger partial charge in [0.15, 0.2) is 0 Å². The van der Waals surface area contributed by atoms with Crippen molar-refractivity contribution in [2.45, 2.75) is 31.7 Å². The number of hydrogen-bond donors (Lipinski definition) is 2. The molecule has 25 heavy (non-hydrogen) atoms. The largest absolute Gasteiger partial charge is 0.352 e. The fourth-order valence-corrected chi connectivity index (χ4v) is 3.02. The summed E-state index contributed by atoms with van der Waals surface area (Å²) in [6.07, 6.45) is 6.35. The molecule has 1 aliphatic rings. The summed E-state index contributed by atoms with van der Waals surface area (Å²) < 4.78 is 2.17.